The molecule has 4 rings (SSSR count). The molecular weight excluding hydrogens is 394 g/mol. The summed E-state index contributed by atoms with van der Waals surface area (Å²) in [6.45, 7) is 1.67. The van der Waals surface area contributed by atoms with E-state index in [-0.39, 0.29) is 6.04 Å². The normalized spacial score (nSPS) is 15.6. The Morgan fingerprint density at radius 3 is 2.87 bits per heavy atom. The number of aromatic nitrogens is 3. The van der Waals surface area contributed by atoms with E-state index in [1.165, 1.54) is 6.07 Å². The molecule has 0 aliphatic carbocycles. The number of benzene rings is 1. The van der Waals surface area contributed by atoms with E-state index >= 15 is 0 Å². The number of carboxylic acid groups (broad SMARTS) is 1. The van der Waals surface area contributed by atoms with Gasteiger partial charge in [0.05, 0.1) is 11.7 Å². The SMILES string of the molecule is CC1c2cnc(-c3ccccn3)nc2CCN1c1cc(F)c(F)c(OCC(=O)O)c1. The predicted octanol–water partition coefficient (Wildman–Crippen LogP) is 3.40. The van der Waals surface area contributed by atoms with Crippen LogP contribution in [-0.4, -0.2) is 39.2 Å². The highest BCUT2D eigenvalue weighted by Gasteiger charge is 2.28. The number of nitrogens with zero attached hydrogens (tertiary/aromatic N) is 4. The van der Waals surface area contributed by atoms with Crippen molar-refractivity contribution < 1.29 is 23.4 Å². The Kier molecular flexibility index (Phi) is 5.26. The zero-order valence-corrected chi connectivity index (χ0v) is 16.0. The number of rotatable bonds is 5. The Morgan fingerprint density at radius 2 is 2.13 bits per heavy atom. The fraction of sp³-hybridized carbons (Fsp3) is 0.238. The lowest BCUT2D eigenvalue weighted by Gasteiger charge is -2.36. The minimum atomic E-state index is -1.28. The summed E-state index contributed by atoms with van der Waals surface area (Å²) < 4.78 is 33.0. The van der Waals surface area contributed by atoms with E-state index in [9.17, 15) is 13.6 Å². The summed E-state index contributed by atoms with van der Waals surface area (Å²) in [6.07, 6.45) is 3.98. The van der Waals surface area contributed by atoms with Gasteiger partial charge < -0.3 is 14.7 Å². The van der Waals surface area contributed by atoms with Crippen LogP contribution in [0.2, 0.25) is 0 Å². The third kappa shape index (κ3) is 3.78. The Hall–Kier alpha value is -3.62. The minimum Gasteiger partial charge on any atom is -0.479 e. The molecule has 1 atom stereocenters. The quantitative estimate of drug-likeness (QED) is 0.687. The van der Waals surface area contributed by atoms with Gasteiger partial charge in [-0.3, -0.25) is 4.98 Å². The zero-order chi connectivity index (χ0) is 21.3. The van der Waals surface area contributed by atoms with Crippen LogP contribution in [0.3, 0.4) is 0 Å². The van der Waals surface area contributed by atoms with Gasteiger partial charge in [0.1, 0.15) is 5.69 Å². The predicted molar refractivity (Wildman–Crippen MR) is 104 cm³/mol. The lowest BCUT2D eigenvalue weighted by molar-refractivity contribution is -0.139. The third-order valence-corrected chi connectivity index (χ3v) is 4.96. The second-order valence-corrected chi connectivity index (χ2v) is 6.85. The van der Waals surface area contributed by atoms with Crippen LogP contribution in [-0.2, 0) is 11.2 Å². The van der Waals surface area contributed by atoms with E-state index in [4.69, 9.17) is 9.84 Å². The molecule has 0 saturated heterocycles. The maximum Gasteiger partial charge on any atom is 0.341 e. The van der Waals surface area contributed by atoms with Crippen LogP contribution in [0.5, 0.6) is 5.75 Å². The molecule has 0 spiro atoms. The molecule has 3 heterocycles. The van der Waals surface area contributed by atoms with Gasteiger partial charge in [-0.2, -0.15) is 4.39 Å². The number of aliphatic carboxylic acids is 1. The molecule has 7 nitrogen and oxygen atoms in total. The van der Waals surface area contributed by atoms with Gasteiger partial charge in [-0.05, 0) is 19.1 Å². The van der Waals surface area contributed by atoms with E-state index < -0.39 is 30.0 Å². The number of ether oxygens (including phenoxy) is 1. The Bertz CT molecular complexity index is 1100. The average Bonchev–Trinajstić information content (AvgIpc) is 2.75. The number of hydrogen-bond donors (Lipinski definition) is 1. The summed E-state index contributed by atoms with van der Waals surface area (Å²) in [6, 6.07) is 7.70. The first kappa shape index (κ1) is 19.7. The molecule has 0 saturated carbocycles. The number of fused-ring (bicyclic) bond motifs is 1. The van der Waals surface area contributed by atoms with E-state index in [0.717, 1.165) is 17.3 Å². The van der Waals surface area contributed by atoms with Gasteiger partial charge in [0.25, 0.3) is 0 Å². The summed E-state index contributed by atoms with van der Waals surface area (Å²) in [4.78, 5) is 25.9. The van der Waals surface area contributed by atoms with Crippen LogP contribution < -0.4 is 9.64 Å². The first-order valence-corrected chi connectivity index (χ1v) is 9.31. The van der Waals surface area contributed by atoms with Gasteiger partial charge in [0.15, 0.2) is 24.0 Å². The van der Waals surface area contributed by atoms with Crippen molar-refractivity contribution in [3.05, 3.63) is 65.6 Å². The third-order valence-electron chi connectivity index (χ3n) is 4.96. The van der Waals surface area contributed by atoms with E-state index in [0.29, 0.717) is 30.2 Å². The maximum atomic E-state index is 14.1. The summed E-state index contributed by atoms with van der Waals surface area (Å²) in [5.74, 6) is -3.50. The fourth-order valence-electron chi connectivity index (χ4n) is 3.50. The number of hydrogen-bond acceptors (Lipinski definition) is 6. The maximum absolute atomic E-state index is 14.1. The highest BCUT2D eigenvalue weighted by atomic mass is 19.2. The largest absolute Gasteiger partial charge is 0.479 e. The molecule has 0 radical (unpaired) electrons. The molecule has 0 bridgehead atoms. The molecule has 30 heavy (non-hydrogen) atoms. The van der Waals surface area contributed by atoms with Crippen LogP contribution in [0.25, 0.3) is 11.5 Å². The van der Waals surface area contributed by atoms with Crippen LogP contribution in [0.4, 0.5) is 14.5 Å². The van der Waals surface area contributed by atoms with Gasteiger partial charge in [-0.15, -0.1) is 0 Å². The van der Waals surface area contributed by atoms with Gasteiger partial charge in [-0.25, -0.2) is 19.2 Å². The molecule has 1 aliphatic heterocycles. The summed E-state index contributed by atoms with van der Waals surface area (Å²) >= 11 is 0. The van der Waals surface area contributed by atoms with Crippen molar-refractivity contribution in [1.82, 2.24) is 15.0 Å². The highest BCUT2D eigenvalue weighted by molar-refractivity contribution is 5.68. The Labute approximate surface area is 171 Å². The van der Waals surface area contributed by atoms with Crippen molar-refractivity contribution in [3.63, 3.8) is 0 Å². The van der Waals surface area contributed by atoms with Crippen LogP contribution >= 0.6 is 0 Å². The van der Waals surface area contributed by atoms with Crippen molar-refractivity contribution >= 4 is 11.7 Å². The molecule has 1 aromatic carbocycles. The van der Waals surface area contributed by atoms with Crippen LogP contribution in [0.15, 0.2) is 42.7 Å². The standard InChI is InChI=1S/C21H18F2N4O3/c1-12-14-10-25-21(17-4-2-3-6-24-17)26-16(14)5-7-27(12)13-8-15(22)20(23)18(9-13)30-11-19(28)29/h2-4,6,8-10,12H,5,7,11H2,1H3,(H,28,29). The lowest BCUT2D eigenvalue weighted by atomic mass is 9.98. The summed E-state index contributed by atoms with van der Waals surface area (Å²) in [5, 5.41) is 8.74. The Morgan fingerprint density at radius 1 is 1.30 bits per heavy atom. The molecule has 0 fully saturated rings. The molecule has 1 aliphatic rings. The second kappa shape index (κ2) is 8.02. The minimum absolute atomic E-state index is 0.205. The molecule has 1 N–H and O–H groups in total. The van der Waals surface area contributed by atoms with E-state index in [2.05, 4.69) is 15.0 Å². The smallest absolute Gasteiger partial charge is 0.341 e. The molecular formula is C21H18F2N4O3. The zero-order valence-electron chi connectivity index (χ0n) is 16.0. The summed E-state index contributed by atoms with van der Waals surface area (Å²) in [5.41, 5.74) is 2.82. The van der Waals surface area contributed by atoms with Crippen molar-refractivity contribution in [2.75, 3.05) is 18.1 Å². The van der Waals surface area contributed by atoms with Crippen LogP contribution in [0, 0.1) is 11.6 Å². The Balaban J connectivity index is 1.63. The fourth-order valence-corrected chi connectivity index (χ4v) is 3.50. The number of pyridine rings is 1. The van der Waals surface area contributed by atoms with Crippen molar-refractivity contribution in [3.8, 4) is 17.3 Å². The van der Waals surface area contributed by atoms with E-state index in [1.54, 1.807) is 12.4 Å². The van der Waals surface area contributed by atoms with Crippen molar-refractivity contribution in [2.24, 2.45) is 0 Å². The van der Waals surface area contributed by atoms with E-state index in [1.807, 2.05) is 30.0 Å². The number of carbonyl (C=O) groups is 1. The number of carboxylic acids is 1. The highest BCUT2D eigenvalue weighted by Crippen LogP contribution is 2.36. The van der Waals surface area contributed by atoms with Gasteiger partial charge in [0.2, 0.25) is 5.82 Å². The molecule has 0 amide bonds. The molecule has 1 unspecified atom stereocenters. The van der Waals surface area contributed by atoms with Gasteiger partial charge in [-0.1, -0.05) is 6.07 Å². The van der Waals surface area contributed by atoms with Gasteiger partial charge in [0, 0.05) is 48.7 Å². The second-order valence-electron chi connectivity index (χ2n) is 6.85. The molecule has 154 valence electrons. The number of anilines is 1. The molecule has 9 heteroatoms. The average molecular weight is 412 g/mol. The number of halogens is 2. The lowest BCUT2D eigenvalue weighted by Crippen LogP contribution is -2.35. The molecule has 3 aromatic rings. The van der Waals surface area contributed by atoms with Gasteiger partial charge >= 0.3 is 5.97 Å². The monoisotopic (exact) mass is 412 g/mol. The topological polar surface area (TPSA) is 88.4 Å². The first-order chi connectivity index (χ1) is 14.4. The first-order valence-electron chi connectivity index (χ1n) is 9.31. The van der Waals surface area contributed by atoms with Crippen molar-refractivity contribution in [2.45, 2.75) is 19.4 Å². The van der Waals surface area contributed by atoms with Crippen molar-refractivity contribution in [1.29, 1.82) is 0 Å². The summed E-state index contributed by atoms with van der Waals surface area (Å²) in [7, 11) is 0. The van der Waals surface area contributed by atoms with Crippen LogP contribution in [0.1, 0.15) is 24.2 Å². The molecule has 2 aromatic heterocycles.